The Bertz CT molecular complexity index is 566. The summed E-state index contributed by atoms with van der Waals surface area (Å²) in [5.74, 6) is -1.52. The van der Waals surface area contributed by atoms with Gasteiger partial charge in [0.15, 0.2) is 5.69 Å². The summed E-state index contributed by atoms with van der Waals surface area (Å²) in [5.41, 5.74) is 1.73. The molecular formula is C15H15NO4. The smallest absolute Gasteiger partial charge is 0.311 e. The van der Waals surface area contributed by atoms with Crippen LogP contribution in [-0.4, -0.2) is 16.3 Å². The van der Waals surface area contributed by atoms with Gasteiger partial charge < -0.3 is 10.3 Å². The van der Waals surface area contributed by atoms with Crippen LogP contribution in [0.5, 0.6) is 0 Å². The molecule has 0 fully saturated rings. The first-order valence-electron chi connectivity index (χ1n) is 6.18. The molecule has 0 spiro atoms. The third-order valence-corrected chi connectivity index (χ3v) is 3.14. The molecule has 2 unspecified atom stereocenters. The first-order valence-corrected chi connectivity index (χ1v) is 6.18. The summed E-state index contributed by atoms with van der Waals surface area (Å²) in [6.45, 7) is 0. The van der Waals surface area contributed by atoms with Gasteiger partial charge in [0.25, 0.3) is 0 Å². The fourth-order valence-electron chi connectivity index (χ4n) is 2.05. The summed E-state index contributed by atoms with van der Waals surface area (Å²) >= 11 is 0. The van der Waals surface area contributed by atoms with Crippen molar-refractivity contribution < 1.29 is 20.3 Å². The van der Waals surface area contributed by atoms with Crippen molar-refractivity contribution in [2.75, 3.05) is 0 Å². The highest BCUT2D eigenvalue weighted by atomic mass is 16.8. The number of carbonyl (C=O) groups is 1. The van der Waals surface area contributed by atoms with Gasteiger partial charge in [-0.25, -0.2) is 5.21 Å². The maximum absolute atomic E-state index is 11.4. The molecule has 2 rings (SSSR count). The molecule has 0 amide bonds. The molecule has 0 aliphatic heterocycles. The Hall–Kier alpha value is -2.21. The standard InChI is InChI=1S/C15H15NO4/c17-15(18)14(12-4-2-1-3-5-12)10-11-6-8-13(9-7-11)16(19)20/h1-9,14,16,19H,10H2,(H,17,18). The van der Waals surface area contributed by atoms with Crippen molar-refractivity contribution in [1.82, 2.24) is 0 Å². The van der Waals surface area contributed by atoms with Gasteiger partial charge >= 0.3 is 5.97 Å². The van der Waals surface area contributed by atoms with E-state index in [-0.39, 0.29) is 5.69 Å². The molecule has 0 radical (unpaired) electrons. The number of hydrogen-bond acceptors (Lipinski definition) is 3. The molecule has 2 aromatic rings. The van der Waals surface area contributed by atoms with Crippen molar-refractivity contribution in [1.29, 1.82) is 0 Å². The Balaban J connectivity index is 2.19. The SMILES string of the molecule is O=C(O)C(Cc1ccc([NH+]([O-])O)cc1)c1ccccc1. The van der Waals surface area contributed by atoms with Crippen LogP contribution in [0.4, 0.5) is 5.69 Å². The van der Waals surface area contributed by atoms with Gasteiger partial charge in [0.05, 0.1) is 5.92 Å². The number of carboxylic acids is 1. The second-order valence-electron chi connectivity index (χ2n) is 4.51. The average Bonchev–Trinajstić information content (AvgIpc) is 2.46. The molecule has 0 saturated heterocycles. The molecule has 2 atom stereocenters. The molecule has 5 heteroatoms. The van der Waals surface area contributed by atoms with Crippen LogP contribution in [0.3, 0.4) is 0 Å². The average molecular weight is 273 g/mol. The maximum Gasteiger partial charge on any atom is 0.311 e. The van der Waals surface area contributed by atoms with Gasteiger partial charge in [-0.3, -0.25) is 4.79 Å². The number of benzene rings is 2. The summed E-state index contributed by atoms with van der Waals surface area (Å²) in [6, 6.07) is 15.3. The molecular weight excluding hydrogens is 258 g/mol. The van der Waals surface area contributed by atoms with Crippen LogP contribution in [0.2, 0.25) is 0 Å². The molecule has 0 bridgehead atoms. The third kappa shape index (κ3) is 3.42. The van der Waals surface area contributed by atoms with E-state index in [0.29, 0.717) is 6.42 Å². The monoisotopic (exact) mass is 273 g/mol. The van der Waals surface area contributed by atoms with Crippen molar-refractivity contribution in [2.45, 2.75) is 12.3 Å². The Morgan fingerprint density at radius 1 is 1.10 bits per heavy atom. The second kappa shape index (κ2) is 6.29. The fraction of sp³-hybridized carbons (Fsp3) is 0.133. The molecule has 0 aliphatic carbocycles. The van der Waals surface area contributed by atoms with Gasteiger partial charge in [0.2, 0.25) is 0 Å². The minimum Gasteiger partial charge on any atom is -0.595 e. The highest BCUT2D eigenvalue weighted by molar-refractivity contribution is 5.76. The lowest BCUT2D eigenvalue weighted by atomic mass is 9.92. The van der Waals surface area contributed by atoms with Gasteiger partial charge in [-0.05, 0) is 17.5 Å². The molecule has 20 heavy (non-hydrogen) atoms. The lowest BCUT2D eigenvalue weighted by Gasteiger charge is -2.14. The highest BCUT2D eigenvalue weighted by Gasteiger charge is 2.20. The number of nitrogens with one attached hydrogen (secondary N) is 1. The second-order valence-corrected chi connectivity index (χ2v) is 4.51. The fourth-order valence-corrected chi connectivity index (χ4v) is 2.05. The summed E-state index contributed by atoms with van der Waals surface area (Å²) in [7, 11) is 0. The normalized spacial score (nSPS) is 13.7. The van der Waals surface area contributed by atoms with Crippen LogP contribution in [0.15, 0.2) is 54.6 Å². The van der Waals surface area contributed by atoms with E-state index in [1.807, 2.05) is 6.07 Å². The quantitative estimate of drug-likeness (QED) is 0.721. The lowest BCUT2D eigenvalue weighted by Crippen LogP contribution is -2.99. The predicted octanol–water partition coefficient (Wildman–Crippen LogP) is 1.50. The first kappa shape index (κ1) is 14.2. The van der Waals surface area contributed by atoms with Crippen molar-refractivity contribution >= 4 is 11.7 Å². The summed E-state index contributed by atoms with van der Waals surface area (Å²) in [5, 5.41) is 27.9. The van der Waals surface area contributed by atoms with Crippen LogP contribution in [-0.2, 0) is 11.2 Å². The summed E-state index contributed by atoms with van der Waals surface area (Å²) < 4.78 is 0. The molecule has 2 aromatic carbocycles. The van der Waals surface area contributed by atoms with Crippen LogP contribution in [0, 0.1) is 5.21 Å². The van der Waals surface area contributed by atoms with Crippen molar-refractivity contribution in [3.63, 3.8) is 0 Å². The maximum atomic E-state index is 11.4. The van der Waals surface area contributed by atoms with Gasteiger partial charge in [-0.1, -0.05) is 42.5 Å². The molecule has 0 aromatic heterocycles. The van der Waals surface area contributed by atoms with E-state index < -0.39 is 17.1 Å². The van der Waals surface area contributed by atoms with E-state index in [1.165, 1.54) is 12.1 Å². The minimum atomic E-state index is -0.991. The zero-order chi connectivity index (χ0) is 14.5. The van der Waals surface area contributed by atoms with Crippen LogP contribution >= 0.6 is 0 Å². The molecule has 0 aliphatic rings. The Morgan fingerprint density at radius 2 is 1.70 bits per heavy atom. The van der Waals surface area contributed by atoms with Crippen LogP contribution < -0.4 is 5.23 Å². The molecule has 0 saturated carbocycles. The predicted molar refractivity (Wildman–Crippen MR) is 72.7 cm³/mol. The highest BCUT2D eigenvalue weighted by Crippen LogP contribution is 2.21. The Kier molecular flexibility index (Phi) is 4.47. The van der Waals surface area contributed by atoms with E-state index in [1.54, 1.807) is 36.4 Å². The van der Waals surface area contributed by atoms with Crippen molar-refractivity contribution in [2.24, 2.45) is 0 Å². The van der Waals surface area contributed by atoms with Crippen molar-refractivity contribution in [3.8, 4) is 0 Å². The van der Waals surface area contributed by atoms with Crippen LogP contribution in [0.1, 0.15) is 17.0 Å². The van der Waals surface area contributed by atoms with Gasteiger partial charge in [-0.15, -0.1) is 0 Å². The molecule has 104 valence electrons. The lowest BCUT2D eigenvalue weighted by molar-refractivity contribution is -0.991. The minimum absolute atomic E-state index is 0.195. The topological polar surface area (TPSA) is 85.0 Å². The van der Waals surface area contributed by atoms with Gasteiger partial charge in [-0.2, -0.15) is 5.23 Å². The largest absolute Gasteiger partial charge is 0.595 e. The van der Waals surface area contributed by atoms with E-state index in [4.69, 9.17) is 5.21 Å². The summed E-state index contributed by atoms with van der Waals surface area (Å²) in [4.78, 5) is 11.4. The van der Waals surface area contributed by atoms with E-state index in [2.05, 4.69) is 0 Å². The van der Waals surface area contributed by atoms with Crippen LogP contribution in [0.25, 0.3) is 0 Å². The zero-order valence-electron chi connectivity index (χ0n) is 10.7. The molecule has 5 nitrogen and oxygen atoms in total. The third-order valence-electron chi connectivity index (χ3n) is 3.14. The molecule has 0 heterocycles. The number of aliphatic carboxylic acids is 1. The number of hydrogen-bond donors (Lipinski definition) is 3. The van der Waals surface area contributed by atoms with E-state index in [9.17, 15) is 15.1 Å². The van der Waals surface area contributed by atoms with E-state index in [0.717, 1.165) is 11.1 Å². The Labute approximate surface area is 116 Å². The number of quaternary nitrogens is 1. The van der Waals surface area contributed by atoms with E-state index >= 15 is 0 Å². The summed E-state index contributed by atoms with van der Waals surface area (Å²) in [6.07, 6.45) is 0.333. The Morgan fingerprint density at radius 3 is 2.20 bits per heavy atom. The number of rotatable bonds is 5. The molecule has 3 N–H and O–H groups in total. The zero-order valence-corrected chi connectivity index (χ0v) is 10.7. The number of carboxylic acid groups (broad SMARTS) is 1. The first-order chi connectivity index (χ1) is 9.58. The van der Waals surface area contributed by atoms with Crippen molar-refractivity contribution in [3.05, 3.63) is 70.9 Å². The van der Waals surface area contributed by atoms with Gasteiger partial charge in [0, 0.05) is 12.1 Å². The van der Waals surface area contributed by atoms with Gasteiger partial charge in [0.1, 0.15) is 0 Å².